The molecule has 0 fully saturated rings. The van der Waals surface area contributed by atoms with Gasteiger partial charge in [-0.25, -0.2) is 4.39 Å². The molecule has 0 aliphatic carbocycles. The molecule has 0 saturated carbocycles. The fourth-order valence-electron chi connectivity index (χ4n) is 3.98. The summed E-state index contributed by atoms with van der Waals surface area (Å²) in [4.78, 5) is 4.25. The van der Waals surface area contributed by atoms with Gasteiger partial charge in [-0.3, -0.25) is 4.98 Å². The number of nitrogens with zero attached hydrogens (tertiary/aromatic N) is 1. The Morgan fingerprint density at radius 1 is 1.06 bits per heavy atom. The van der Waals surface area contributed by atoms with Gasteiger partial charge in [0.2, 0.25) is 0 Å². The van der Waals surface area contributed by atoms with Gasteiger partial charge in [-0.15, -0.1) is 0 Å². The molecule has 1 heterocycles. The highest BCUT2D eigenvalue weighted by molar-refractivity contribution is 5.91. The largest absolute Gasteiger partial charge is 0.496 e. The molecule has 1 atom stereocenters. The van der Waals surface area contributed by atoms with Crippen molar-refractivity contribution < 1.29 is 32.5 Å². The van der Waals surface area contributed by atoms with Crippen molar-refractivity contribution in [1.82, 2.24) is 4.98 Å². The van der Waals surface area contributed by atoms with E-state index in [-0.39, 0.29) is 17.9 Å². The van der Waals surface area contributed by atoms with Crippen LogP contribution in [0.2, 0.25) is 0 Å². The van der Waals surface area contributed by atoms with Gasteiger partial charge in [0.05, 0.1) is 31.5 Å². The van der Waals surface area contributed by atoms with Crippen LogP contribution in [0.15, 0.2) is 48.5 Å². The summed E-state index contributed by atoms with van der Waals surface area (Å²) in [6.45, 7) is 1.90. The summed E-state index contributed by atoms with van der Waals surface area (Å²) in [6.07, 6.45) is -5.71. The predicted octanol–water partition coefficient (Wildman–Crippen LogP) is 4.95. The Morgan fingerprint density at radius 2 is 1.79 bits per heavy atom. The van der Waals surface area contributed by atoms with Gasteiger partial charge < -0.3 is 20.3 Å². The third-order valence-corrected chi connectivity index (χ3v) is 5.68. The maximum atomic E-state index is 14.1. The molecule has 2 aromatic carbocycles. The number of hydrogen-bond acceptors (Lipinski definition) is 5. The van der Waals surface area contributed by atoms with Crippen molar-refractivity contribution in [3.8, 4) is 5.75 Å². The molecular formula is C24H26F4N2O3. The molecule has 178 valence electrons. The molecule has 3 aromatic rings. The Bertz CT molecular complexity index is 1130. The van der Waals surface area contributed by atoms with Gasteiger partial charge in [0.1, 0.15) is 11.6 Å². The van der Waals surface area contributed by atoms with Crippen molar-refractivity contribution in [3.63, 3.8) is 0 Å². The molecule has 0 spiro atoms. The summed E-state index contributed by atoms with van der Waals surface area (Å²) in [5.74, 6) is -0.378. The standard InChI is InChI=1S/C24H26F4N2O3/c1-22(2,18-11-15(25)7-10-21(18)33-3)13-23(32,24(26,27)28)14-29-19-5-4-6-20-17(19)9-8-16(12-31)30-20/h4-11,29,31-32H,12-14H2,1-3H3. The lowest BCUT2D eigenvalue weighted by Gasteiger charge is -2.38. The van der Waals surface area contributed by atoms with Crippen LogP contribution in [0.1, 0.15) is 31.5 Å². The highest BCUT2D eigenvalue weighted by atomic mass is 19.4. The Kier molecular flexibility index (Phi) is 6.85. The smallest absolute Gasteiger partial charge is 0.418 e. The van der Waals surface area contributed by atoms with Crippen LogP contribution < -0.4 is 10.1 Å². The molecule has 9 heteroatoms. The van der Waals surface area contributed by atoms with Crippen LogP contribution in [0.4, 0.5) is 23.2 Å². The number of benzene rings is 2. The van der Waals surface area contributed by atoms with Crippen LogP contribution in [0.3, 0.4) is 0 Å². The van der Waals surface area contributed by atoms with Crippen LogP contribution in [0, 0.1) is 5.82 Å². The van der Waals surface area contributed by atoms with Crippen LogP contribution in [-0.4, -0.2) is 40.6 Å². The van der Waals surface area contributed by atoms with Gasteiger partial charge in [0, 0.05) is 16.6 Å². The topological polar surface area (TPSA) is 74.6 Å². The number of nitrogens with one attached hydrogen (secondary N) is 1. The SMILES string of the molecule is COc1ccc(F)cc1C(C)(C)CC(O)(CNc1cccc2nc(CO)ccc12)C(F)(F)F. The van der Waals surface area contributed by atoms with Crippen LogP contribution in [0.25, 0.3) is 10.9 Å². The van der Waals surface area contributed by atoms with Crippen molar-refractivity contribution in [2.24, 2.45) is 0 Å². The number of halogens is 4. The first kappa shape index (κ1) is 24.7. The molecule has 33 heavy (non-hydrogen) atoms. The van der Waals surface area contributed by atoms with E-state index in [1.807, 2.05) is 0 Å². The molecule has 5 nitrogen and oxygen atoms in total. The zero-order valence-corrected chi connectivity index (χ0v) is 18.5. The molecule has 0 radical (unpaired) electrons. The monoisotopic (exact) mass is 466 g/mol. The maximum Gasteiger partial charge on any atom is 0.418 e. The van der Waals surface area contributed by atoms with Gasteiger partial charge in [0.25, 0.3) is 0 Å². The second-order valence-electron chi connectivity index (χ2n) is 8.62. The van der Waals surface area contributed by atoms with E-state index in [0.717, 1.165) is 12.1 Å². The first-order valence-corrected chi connectivity index (χ1v) is 10.3. The fraction of sp³-hybridized carbons (Fsp3) is 0.375. The first-order chi connectivity index (χ1) is 15.4. The van der Waals surface area contributed by atoms with Gasteiger partial charge in [-0.2, -0.15) is 13.2 Å². The lowest BCUT2D eigenvalue weighted by molar-refractivity contribution is -0.260. The zero-order chi connectivity index (χ0) is 24.4. The summed E-state index contributed by atoms with van der Waals surface area (Å²) in [5.41, 5.74) is -2.92. The minimum Gasteiger partial charge on any atom is -0.496 e. The Balaban J connectivity index is 1.93. The lowest BCUT2D eigenvalue weighted by Crippen LogP contribution is -2.53. The third-order valence-electron chi connectivity index (χ3n) is 5.68. The highest BCUT2D eigenvalue weighted by Crippen LogP contribution is 2.44. The Morgan fingerprint density at radius 3 is 2.42 bits per heavy atom. The average molecular weight is 466 g/mol. The summed E-state index contributed by atoms with van der Waals surface area (Å²) in [7, 11) is 1.35. The number of rotatable bonds is 8. The molecular weight excluding hydrogens is 440 g/mol. The molecule has 1 unspecified atom stereocenters. The number of hydrogen-bond donors (Lipinski definition) is 3. The minimum atomic E-state index is -4.97. The van der Waals surface area contributed by atoms with Crippen molar-refractivity contribution in [2.45, 2.75) is 44.1 Å². The molecule has 0 amide bonds. The second kappa shape index (κ2) is 9.15. The van der Waals surface area contributed by atoms with E-state index < -0.39 is 36.0 Å². The number of alkyl halides is 3. The molecule has 0 bridgehead atoms. The van der Waals surface area contributed by atoms with E-state index >= 15 is 0 Å². The molecule has 0 aliphatic heterocycles. The molecule has 1 aromatic heterocycles. The van der Waals surface area contributed by atoms with Crippen molar-refractivity contribution >= 4 is 16.6 Å². The first-order valence-electron chi connectivity index (χ1n) is 10.3. The number of pyridine rings is 1. The molecule has 0 saturated heterocycles. The van der Waals surface area contributed by atoms with E-state index in [9.17, 15) is 27.8 Å². The number of aromatic nitrogens is 1. The fourth-order valence-corrected chi connectivity index (χ4v) is 3.98. The number of aliphatic hydroxyl groups excluding tert-OH is 1. The number of aliphatic hydroxyl groups is 2. The highest BCUT2D eigenvalue weighted by Gasteiger charge is 2.56. The van der Waals surface area contributed by atoms with Crippen LogP contribution in [-0.2, 0) is 12.0 Å². The summed E-state index contributed by atoms with van der Waals surface area (Å²) >= 11 is 0. The van der Waals surface area contributed by atoms with Gasteiger partial charge >= 0.3 is 6.18 Å². The summed E-state index contributed by atoms with van der Waals surface area (Å²) < 4.78 is 61.4. The van der Waals surface area contributed by atoms with Crippen LogP contribution in [0.5, 0.6) is 5.75 Å². The van der Waals surface area contributed by atoms with E-state index in [0.29, 0.717) is 22.3 Å². The van der Waals surface area contributed by atoms with E-state index in [1.165, 1.54) is 27.0 Å². The molecule has 3 rings (SSSR count). The third kappa shape index (κ3) is 5.20. The minimum absolute atomic E-state index is 0.221. The quantitative estimate of drug-likeness (QED) is 0.410. The van der Waals surface area contributed by atoms with Gasteiger partial charge in [-0.05, 0) is 54.3 Å². The zero-order valence-electron chi connectivity index (χ0n) is 18.5. The van der Waals surface area contributed by atoms with Crippen LogP contribution >= 0.6 is 0 Å². The molecule has 3 N–H and O–H groups in total. The number of ether oxygens (including phenoxy) is 1. The maximum absolute atomic E-state index is 14.1. The van der Waals surface area contributed by atoms with Crippen molar-refractivity contribution in [2.75, 3.05) is 19.0 Å². The van der Waals surface area contributed by atoms with E-state index in [1.54, 1.807) is 30.3 Å². The average Bonchev–Trinajstić information content (AvgIpc) is 2.76. The van der Waals surface area contributed by atoms with E-state index in [2.05, 4.69) is 10.3 Å². The number of methoxy groups -OCH3 is 1. The second-order valence-corrected chi connectivity index (χ2v) is 8.62. The Labute approximate surface area is 189 Å². The van der Waals surface area contributed by atoms with Gasteiger partial charge in [0.15, 0.2) is 5.60 Å². The number of anilines is 1. The summed E-state index contributed by atoms with van der Waals surface area (Å²) in [5, 5.41) is 23.3. The molecule has 0 aliphatic rings. The summed E-state index contributed by atoms with van der Waals surface area (Å²) in [6, 6.07) is 11.7. The van der Waals surface area contributed by atoms with Gasteiger partial charge in [-0.1, -0.05) is 19.9 Å². The van der Waals surface area contributed by atoms with Crippen molar-refractivity contribution in [3.05, 3.63) is 65.6 Å². The number of fused-ring (bicyclic) bond motifs is 1. The predicted molar refractivity (Wildman–Crippen MR) is 118 cm³/mol. The van der Waals surface area contributed by atoms with E-state index in [4.69, 9.17) is 4.74 Å². The lowest BCUT2D eigenvalue weighted by atomic mass is 9.74. The van der Waals surface area contributed by atoms with Crippen molar-refractivity contribution in [1.29, 1.82) is 0 Å². The normalized spacial score (nSPS) is 14.2. The Hall–Kier alpha value is -2.91.